The Morgan fingerprint density at radius 1 is 1.46 bits per heavy atom. The van der Waals surface area contributed by atoms with E-state index in [4.69, 9.17) is 4.74 Å². The molecule has 0 atom stereocenters. The predicted octanol–water partition coefficient (Wildman–Crippen LogP) is 2.98. The number of hydrogen-bond donors (Lipinski definition) is 0. The maximum absolute atomic E-state index is 5.12. The molecule has 1 radical (unpaired) electrons. The number of aryl methyl sites for hydroxylation is 1. The van der Waals surface area contributed by atoms with Crippen molar-refractivity contribution in [1.82, 2.24) is 0 Å². The lowest BCUT2D eigenvalue weighted by Gasteiger charge is -2.06. The minimum absolute atomic E-state index is 0.867. The van der Waals surface area contributed by atoms with Crippen molar-refractivity contribution in [3.8, 4) is 5.75 Å². The maximum atomic E-state index is 5.12. The van der Waals surface area contributed by atoms with Gasteiger partial charge in [-0.15, -0.1) is 0 Å². The number of hydrogen-bond acceptors (Lipinski definition) is 1. The Kier molecular flexibility index (Phi) is 3.56. The Balaban J connectivity index is 3.00. The molecule has 0 aliphatic heterocycles. The van der Waals surface area contributed by atoms with Gasteiger partial charge < -0.3 is 4.74 Å². The van der Waals surface area contributed by atoms with Crippen molar-refractivity contribution in [3.63, 3.8) is 0 Å². The lowest BCUT2D eigenvalue weighted by atomic mass is 10.0. The van der Waals surface area contributed by atoms with Gasteiger partial charge in [0.15, 0.2) is 0 Å². The summed E-state index contributed by atoms with van der Waals surface area (Å²) in [7, 11) is 1.67. The third-order valence-electron chi connectivity index (χ3n) is 2.03. The quantitative estimate of drug-likeness (QED) is 0.683. The molecule has 69 valence electrons. The molecule has 1 heteroatoms. The molecule has 0 saturated heterocycles. The first-order valence-electron chi connectivity index (χ1n) is 4.51. The van der Waals surface area contributed by atoms with Crippen molar-refractivity contribution in [2.45, 2.75) is 19.8 Å². The molecule has 0 amide bonds. The molecular weight excluding hydrogens is 160 g/mol. The Bertz CT molecular complexity index is 289. The van der Waals surface area contributed by atoms with E-state index in [0.717, 1.165) is 24.2 Å². The first-order chi connectivity index (χ1) is 6.31. The first-order valence-corrected chi connectivity index (χ1v) is 4.51. The van der Waals surface area contributed by atoms with E-state index in [9.17, 15) is 0 Å². The molecule has 0 bridgehead atoms. The van der Waals surface area contributed by atoms with E-state index >= 15 is 0 Å². The van der Waals surface area contributed by atoms with Gasteiger partial charge in [0.2, 0.25) is 0 Å². The fourth-order valence-corrected chi connectivity index (χ4v) is 1.33. The molecule has 0 spiro atoms. The fourth-order valence-electron chi connectivity index (χ4n) is 1.33. The summed E-state index contributed by atoms with van der Waals surface area (Å²) in [6.45, 7) is 5.83. The van der Waals surface area contributed by atoms with Crippen molar-refractivity contribution < 1.29 is 4.74 Å². The monoisotopic (exact) mass is 175 g/mol. The third-order valence-corrected chi connectivity index (χ3v) is 2.03. The van der Waals surface area contributed by atoms with Gasteiger partial charge in [0, 0.05) is 0 Å². The molecule has 1 aromatic carbocycles. The lowest BCUT2D eigenvalue weighted by molar-refractivity contribution is 0.414. The molecule has 0 aliphatic carbocycles. The van der Waals surface area contributed by atoms with Gasteiger partial charge in [-0.05, 0) is 35.8 Å². The summed E-state index contributed by atoms with van der Waals surface area (Å²) in [5, 5.41) is 0. The second kappa shape index (κ2) is 4.70. The summed E-state index contributed by atoms with van der Waals surface area (Å²) >= 11 is 0. The average molecular weight is 175 g/mol. The van der Waals surface area contributed by atoms with Gasteiger partial charge in [-0.1, -0.05) is 26.0 Å². The largest absolute Gasteiger partial charge is 0.497 e. The highest BCUT2D eigenvalue weighted by molar-refractivity contribution is 5.38. The zero-order chi connectivity index (χ0) is 9.68. The summed E-state index contributed by atoms with van der Waals surface area (Å²) in [4.78, 5) is 0. The van der Waals surface area contributed by atoms with Crippen LogP contribution in [0.3, 0.4) is 0 Å². The van der Waals surface area contributed by atoms with E-state index in [1.54, 1.807) is 7.11 Å². The van der Waals surface area contributed by atoms with Gasteiger partial charge in [-0.2, -0.15) is 0 Å². The Morgan fingerprint density at radius 3 is 2.77 bits per heavy atom. The lowest BCUT2D eigenvalue weighted by Crippen LogP contribution is -1.91. The molecule has 0 aliphatic rings. The molecule has 1 rings (SSSR count). The van der Waals surface area contributed by atoms with Crippen LogP contribution in [0.4, 0.5) is 0 Å². The van der Waals surface area contributed by atoms with Gasteiger partial charge in [0.05, 0.1) is 7.11 Å². The van der Waals surface area contributed by atoms with Crippen LogP contribution in [0.1, 0.15) is 24.5 Å². The number of methoxy groups -OCH3 is 1. The molecule has 0 N–H and O–H groups in total. The summed E-state index contributed by atoms with van der Waals surface area (Å²) in [6, 6.07) is 6.03. The molecule has 1 aromatic rings. The molecule has 0 aromatic heterocycles. The molecule has 0 unspecified atom stereocenters. The van der Waals surface area contributed by atoms with E-state index in [-0.39, 0.29) is 0 Å². The van der Waals surface area contributed by atoms with Crippen molar-refractivity contribution in [3.05, 3.63) is 42.0 Å². The standard InChI is InChI=1S/C12H15O/c1-4-6-11-7-8-12(13-3)9-10(11)5-2/h7-9H,2,4,6H2,1,3H3. The van der Waals surface area contributed by atoms with Crippen LogP contribution >= 0.6 is 0 Å². The third kappa shape index (κ3) is 2.35. The normalized spacial score (nSPS) is 9.69. The minimum Gasteiger partial charge on any atom is -0.497 e. The van der Waals surface area contributed by atoms with Crippen molar-refractivity contribution in [1.29, 1.82) is 0 Å². The van der Waals surface area contributed by atoms with Crippen LogP contribution < -0.4 is 4.74 Å². The maximum Gasteiger partial charge on any atom is 0.119 e. The summed E-state index contributed by atoms with van der Waals surface area (Å²) in [5.41, 5.74) is 2.35. The SMILES string of the molecule is C=[C]c1cc(OC)ccc1CCC. The number of ether oxygens (including phenoxy) is 1. The molecule has 0 saturated carbocycles. The van der Waals surface area contributed by atoms with Crippen LogP contribution in [0.5, 0.6) is 5.75 Å². The van der Waals surface area contributed by atoms with Gasteiger partial charge in [0.1, 0.15) is 5.75 Å². The van der Waals surface area contributed by atoms with E-state index in [2.05, 4.69) is 25.6 Å². The average Bonchev–Trinajstić information content (AvgIpc) is 2.19. The highest BCUT2D eigenvalue weighted by Gasteiger charge is 2.00. The zero-order valence-corrected chi connectivity index (χ0v) is 8.26. The van der Waals surface area contributed by atoms with Gasteiger partial charge >= 0.3 is 0 Å². The minimum atomic E-state index is 0.867. The van der Waals surface area contributed by atoms with Crippen LogP contribution in [-0.2, 0) is 6.42 Å². The van der Waals surface area contributed by atoms with Crippen molar-refractivity contribution >= 4 is 0 Å². The Hall–Kier alpha value is -1.24. The molecule has 0 heterocycles. The summed E-state index contributed by atoms with van der Waals surface area (Å²) in [5.74, 6) is 0.867. The van der Waals surface area contributed by atoms with Crippen LogP contribution in [0.25, 0.3) is 0 Å². The van der Waals surface area contributed by atoms with Gasteiger partial charge in [-0.25, -0.2) is 0 Å². The molecule has 0 fully saturated rings. The number of rotatable bonds is 4. The van der Waals surface area contributed by atoms with Crippen LogP contribution in [0.15, 0.2) is 24.8 Å². The predicted molar refractivity (Wildman–Crippen MR) is 55.0 cm³/mol. The van der Waals surface area contributed by atoms with Crippen LogP contribution in [0, 0.1) is 6.08 Å². The Morgan fingerprint density at radius 2 is 2.23 bits per heavy atom. The number of benzene rings is 1. The summed E-state index contributed by atoms with van der Waals surface area (Å²) in [6.07, 6.45) is 5.14. The van der Waals surface area contributed by atoms with Crippen molar-refractivity contribution in [2.24, 2.45) is 0 Å². The molecule has 13 heavy (non-hydrogen) atoms. The second-order valence-electron chi connectivity index (χ2n) is 2.95. The van der Waals surface area contributed by atoms with E-state index in [1.165, 1.54) is 5.56 Å². The van der Waals surface area contributed by atoms with E-state index in [1.807, 2.05) is 12.1 Å². The highest BCUT2D eigenvalue weighted by Crippen LogP contribution is 2.18. The van der Waals surface area contributed by atoms with Crippen molar-refractivity contribution in [2.75, 3.05) is 7.11 Å². The molecular formula is C12H15O. The second-order valence-corrected chi connectivity index (χ2v) is 2.95. The van der Waals surface area contributed by atoms with Crippen LogP contribution in [-0.4, -0.2) is 7.11 Å². The molecule has 1 nitrogen and oxygen atoms in total. The Labute approximate surface area is 80.0 Å². The first kappa shape index (κ1) is 9.85. The van der Waals surface area contributed by atoms with Crippen LogP contribution in [0.2, 0.25) is 0 Å². The summed E-state index contributed by atoms with van der Waals surface area (Å²) < 4.78 is 5.12. The van der Waals surface area contributed by atoms with E-state index < -0.39 is 0 Å². The topological polar surface area (TPSA) is 9.23 Å². The highest BCUT2D eigenvalue weighted by atomic mass is 16.5. The van der Waals surface area contributed by atoms with E-state index in [0.29, 0.717) is 0 Å². The smallest absolute Gasteiger partial charge is 0.119 e. The zero-order valence-electron chi connectivity index (χ0n) is 8.26. The van der Waals surface area contributed by atoms with Gasteiger partial charge in [0.25, 0.3) is 0 Å². The fraction of sp³-hybridized carbons (Fsp3) is 0.333. The van der Waals surface area contributed by atoms with Gasteiger partial charge in [-0.3, -0.25) is 0 Å².